The first-order valence-electron chi connectivity index (χ1n) is 9.54. The van der Waals surface area contributed by atoms with E-state index in [0.717, 1.165) is 30.6 Å². The molecule has 27 heavy (non-hydrogen) atoms. The highest BCUT2D eigenvalue weighted by molar-refractivity contribution is 6.10. The molecule has 5 nitrogen and oxygen atoms in total. The Morgan fingerprint density at radius 2 is 1.89 bits per heavy atom. The zero-order valence-corrected chi connectivity index (χ0v) is 16.0. The van der Waals surface area contributed by atoms with Crippen LogP contribution in [0.3, 0.4) is 0 Å². The van der Waals surface area contributed by atoms with Crippen molar-refractivity contribution in [2.75, 3.05) is 23.7 Å². The van der Waals surface area contributed by atoms with Crippen LogP contribution in [0.2, 0.25) is 0 Å². The lowest BCUT2D eigenvalue weighted by Crippen LogP contribution is -2.42. The van der Waals surface area contributed by atoms with Crippen LogP contribution in [0, 0.1) is 6.92 Å². The van der Waals surface area contributed by atoms with Crippen LogP contribution in [0.15, 0.2) is 48.5 Å². The van der Waals surface area contributed by atoms with E-state index < -0.39 is 0 Å². The third-order valence-corrected chi connectivity index (χ3v) is 5.01. The van der Waals surface area contributed by atoms with Crippen LogP contribution in [0.4, 0.5) is 11.4 Å². The van der Waals surface area contributed by atoms with Crippen molar-refractivity contribution in [2.45, 2.75) is 39.2 Å². The van der Waals surface area contributed by atoms with Gasteiger partial charge in [0, 0.05) is 11.7 Å². The zero-order valence-electron chi connectivity index (χ0n) is 16.0. The molecule has 2 N–H and O–H groups in total. The number of likely N-dealkylation sites (tertiary alicyclic amines) is 1. The van der Waals surface area contributed by atoms with Gasteiger partial charge in [-0.1, -0.05) is 30.7 Å². The minimum Gasteiger partial charge on any atom is -0.324 e. The number of carbonyl (C=O) groups excluding carboxylic acids is 2. The molecule has 2 aromatic rings. The summed E-state index contributed by atoms with van der Waals surface area (Å²) in [6.07, 6.45) is 3.48. The fourth-order valence-corrected chi connectivity index (χ4v) is 3.48. The number of amides is 2. The number of aryl methyl sites for hydroxylation is 1. The Labute approximate surface area is 160 Å². The molecule has 2 amide bonds. The second-order valence-corrected chi connectivity index (χ2v) is 7.23. The van der Waals surface area contributed by atoms with Crippen molar-refractivity contribution in [1.82, 2.24) is 4.90 Å². The summed E-state index contributed by atoms with van der Waals surface area (Å²) in [6, 6.07) is 15.2. The summed E-state index contributed by atoms with van der Waals surface area (Å²) >= 11 is 0. The van der Waals surface area contributed by atoms with E-state index in [0.29, 0.717) is 23.8 Å². The largest absolute Gasteiger partial charge is 0.324 e. The number of carbonyl (C=O) groups is 2. The van der Waals surface area contributed by atoms with Crippen LogP contribution in [-0.4, -0.2) is 35.8 Å². The van der Waals surface area contributed by atoms with Gasteiger partial charge in [-0.15, -0.1) is 0 Å². The Morgan fingerprint density at radius 1 is 1.07 bits per heavy atom. The van der Waals surface area contributed by atoms with Gasteiger partial charge in [-0.25, -0.2) is 0 Å². The van der Waals surface area contributed by atoms with Crippen molar-refractivity contribution >= 4 is 23.2 Å². The van der Waals surface area contributed by atoms with Crippen LogP contribution in [0.25, 0.3) is 0 Å². The third kappa shape index (κ3) is 5.17. The van der Waals surface area contributed by atoms with Crippen LogP contribution in [-0.2, 0) is 4.79 Å². The lowest BCUT2D eigenvalue weighted by atomic mass is 10.0. The van der Waals surface area contributed by atoms with Gasteiger partial charge in [0.15, 0.2) is 0 Å². The molecule has 1 atom stereocenters. The number of hydrogen-bond donors (Lipinski definition) is 2. The molecule has 1 aliphatic rings. The van der Waals surface area contributed by atoms with Gasteiger partial charge in [0.1, 0.15) is 0 Å². The molecule has 3 rings (SSSR count). The predicted octanol–water partition coefficient (Wildman–Crippen LogP) is 4.06. The van der Waals surface area contributed by atoms with Gasteiger partial charge in [-0.2, -0.15) is 0 Å². The molecule has 0 aromatic heterocycles. The highest BCUT2D eigenvalue weighted by Crippen LogP contribution is 2.19. The maximum absolute atomic E-state index is 12.7. The van der Waals surface area contributed by atoms with Crippen molar-refractivity contribution in [3.63, 3.8) is 0 Å². The van der Waals surface area contributed by atoms with E-state index in [1.165, 1.54) is 6.42 Å². The van der Waals surface area contributed by atoms with Crippen molar-refractivity contribution in [2.24, 2.45) is 0 Å². The first-order chi connectivity index (χ1) is 13.0. The maximum Gasteiger partial charge on any atom is 0.257 e. The van der Waals surface area contributed by atoms with Crippen molar-refractivity contribution in [3.8, 4) is 0 Å². The Balaban J connectivity index is 1.68. The first-order valence-corrected chi connectivity index (χ1v) is 9.54. The molecule has 142 valence electrons. The number of benzene rings is 2. The zero-order chi connectivity index (χ0) is 19.2. The molecular formula is C22H27N3O2. The van der Waals surface area contributed by atoms with Crippen molar-refractivity contribution in [3.05, 3.63) is 59.7 Å². The third-order valence-electron chi connectivity index (χ3n) is 5.01. The molecule has 1 aliphatic heterocycles. The molecular weight excluding hydrogens is 338 g/mol. The van der Waals surface area contributed by atoms with Crippen LogP contribution >= 0.6 is 0 Å². The van der Waals surface area contributed by atoms with Crippen molar-refractivity contribution in [1.29, 1.82) is 0 Å². The van der Waals surface area contributed by atoms with Crippen molar-refractivity contribution < 1.29 is 9.59 Å². The number of anilines is 2. The summed E-state index contributed by atoms with van der Waals surface area (Å²) in [5, 5.41) is 5.82. The SMILES string of the molecule is Cc1cccc(NC(=O)c2ccccc2NC(=O)CN2CCCCC2C)c1. The second kappa shape index (κ2) is 8.82. The Morgan fingerprint density at radius 3 is 2.67 bits per heavy atom. The monoisotopic (exact) mass is 365 g/mol. The summed E-state index contributed by atoms with van der Waals surface area (Å²) in [5.74, 6) is -0.317. The minimum absolute atomic E-state index is 0.0837. The Kier molecular flexibility index (Phi) is 6.24. The molecule has 2 aromatic carbocycles. The summed E-state index contributed by atoms with van der Waals surface area (Å²) < 4.78 is 0. The second-order valence-electron chi connectivity index (χ2n) is 7.23. The van der Waals surface area contributed by atoms with Gasteiger partial charge in [-0.3, -0.25) is 14.5 Å². The standard InChI is InChI=1S/C22H27N3O2/c1-16-8-7-10-18(14-16)23-22(27)19-11-3-4-12-20(19)24-21(26)15-25-13-6-5-9-17(25)2/h3-4,7-8,10-12,14,17H,5-6,9,13,15H2,1-2H3,(H,23,27)(H,24,26). The van der Waals surface area contributed by atoms with Crippen LogP contribution < -0.4 is 10.6 Å². The number of piperidine rings is 1. The molecule has 1 unspecified atom stereocenters. The quantitative estimate of drug-likeness (QED) is 0.840. The van der Waals surface area contributed by atoms with Gasteiger partial charge in [0.25, 0.3) is 5.91 Å². The number of nitrogens with zero attached hydrogens (tertiary/aromatic N) is 1. The van der Waals surface area contributed by atoms with Gasteiger partial charge >= 0.3 is 0 Å². The molecule has 0 spiro atoms. The summed E-state index contributed by atoms with van der Waals surface area (Å²) in [6.45, 7) is 5.44. The number of hydrogen-bond acceptors (Lipinski definition) is 3. The molecule has 1 heterocycles. The highest BCUT2D eigenvalue weighted by Gasteiger charge is 2.21. The summed E-state index contributed by atoms with van der Waals surface area (Å²) in [4.78, 5) is 27.4. The number of nitrogens with one attached hydrogen (secondary N) is 2. The van der Waals surface area contributed by atoms with Crippen LogP contribution in [0.5, 0.6) is 0 Å². The highest BCUT2D eigenvalue weighted by atomic mass is 16.2. The van der Waals surface area contributed by atoms with Crippen LogP contribution in [0.1, 0.15) is 42.1 Å². The fraction of sp³-hybridized carbons (Fsp3) is 0.364. The van der Waals surface area contributed by atoms with E-state index in [9.17, 15) is 9.59 Å². The summed E-state index contributed by atoms with van der Waals surface area (Å²) in [5.41, 5.74) is 2.81. The smallest absolute Gasteiger partial charge is 0.257 e. The molecule has 5 heteroatoms. The minimum atomic E-state index is -0.233. The maximum atomic E-state index is 12.7. The topological polar surface area (TPSA) is 61.4 Å². The van der Waals surface area contributed by atoms with E-state index in [4.69, 9.17) is 0 Å². The van der Waals surface area contributed by atoms with Gasteiger partial charge in [0.2, 0.25) is 5.91 Å². The molecule has 0 bridgehead atoms. The fourth-order valence-electron chi connectivity index (χ4n) is 3.48. The molecule has 1 saturated heterocycles. The van der Waals surface area contributed by atoms with E-state index in [1.54, 1.807) is 18.2 Å². The lowest BCUT2D eigenvalue weighted by molar-refractivity contribution is -0.118. The molecule has 0 radical (unpaired) electrons. The van der Waals surface area contributed by atoms with E-state index in [-0.39, 0.29) is 11.8 Å². The Hall–Kier alpha value is -2.66. The Bertz CT molecular complexity index is 819. The summed E-state index contributed by atoms with van der Waals surface area (Å²) in [7, 11) is 0. The average Bonchev–Trinajstić information content (AvgIpc) is 2.64. The average molecular weight is 365 g/mol. The van der Waals surface area contributed by atoms with E-state index in [2.05, 4.69) is 22.5 Å². The number of rotatable bonds is 5. The first kappa shape index (κ1) is 19.1. The van der Waals surface area contributed by atoms with Gasteiger partial charge < -0.3 is 10.6 Å². The number of para-hydroxylation sites is 1. The molecule has 0 aliphatic carbocycles. The van der Waals surface area contributed by atoms with E-state index >= 15 is 0 Å². The van der Waals surface area contributed by atoms with Gasteiger partial charge in [-0.05, 0) is 63.1 Å². The normalized spacial score (nSPS) is 17.3. The lowest BCUT2D eigenvalue weighted by Gasteiger charge is -2.32. The molecule has 1 fully saturated rings. The van der Waals surface area contributed by atoms with E-state index in [1.807, 2.05) is 37.3 Å². The predicted molar refractivity (Wildman–Crippen MR) is 109 cm³/mol. The molecule has 0 saturated carbocycles. The van der Waals surface area contributed by atoms with Gasteiger partial charge in [0.05, 0.1) is 17.8 Å².